The van der Waals surface area contributed by atoms with E-state index in [0.29, 0.717) is 17.1 Å². The van der Waals surface area contributed by atoms with Crippen LogP contribution < -0.4 is 10.2 Å². The second-order valence-electron chi connectivity index (χ2n) is 5.20. The molecule has 0 saturated heterocycles. The molecule has 122 valence electrons. The Kier molecular flexibility index (Phi) is 5.91. The number of hydrogen-bond acceptors (Lipinski definition) is 6. The molecule has 0 aliphatic heterocycles. The number of anilines is 3. The number of para-hydroxylation sites is 1. The Balaban J connectivity index is 2.20. The third-order valence-electron chi connectivity index (χ3n) is 3.49. The van der Waals surface area contributed by atoms with Crippen molar-refractivity contribution in [3.05, 3.63) is 42.2 Å². The van der Waals surface area contributed by atoms with E-state index in [0.717, 1.165) is 25.2 Å². The van der Waals surface area contributed by atoms with Gasteiger partial charge >= 0.3 is 5.97 Å². The molecule has 1 aromatic heterocycles. The van der Waals surface area contributed by atoms with E-state index in [1.165, 1.54) is 13.4 Å². The minimum atomic E-state index is -0.387. The number of nitrogens with zero attached hydrogens (tertiary/aromatic N) is 3. The molecule has 0 unspecified atom stereocenters. The Morgan fingerprint density at radius 3 is 2.83 bits per heavy atom. The summed E-state index contributed by atoms with van der Waals surface area (Å²) >= 11 is 0. The normalized spacial score (nSPS) is 10.2. The van der Waals surface area contributed by atoms with Crippen molar-refractivity contribution in [3.8, 4) is 0 Å². The van der Waals surface area contributed by atoms with Crippen molar-refractivity contribution < 1.29 is 9.53 Å². The van der Waals surface area contributed by atoms with Crippen LogP contribution in [-0.4, -0.2) is 36.6 Å². The molecule has 0 radical (unpaired) electrons. The number of nitrogens with one attached hydrogen (secondary N) is 1. The van der Waals surface area contributed by atoms with Crippen LogP contribution in [-0.2, 0) is 4.74 Å². The Labute approximate surface area is 136 Å². The highest BCUT2D eigenvalue weighted by Crippen LogP contribution is 2.22. The zero-order chi connectivity index (χ0) is 16.7. The first-order chi connectivity index (χ1) is 11.2. The predicted molar refractivity (Wildman–Crippen MR) is 91.3 cm³/mol. The lowest BCUT2D eigenvalue weighted by molar-refractivity contribution is 0.0602. The number of aromatic nitrogens is 2. The zero-order valence-electron chi connectivity index (χ0n) is 13.7. The molecule has 0 saturated carbocycles. The lowest BCUT2D eigenvalue weighted by Crippen LogP contribution is -2.19. The number of benzene rings is 1. The summed E-state index contributed by atoms with van der Waals surface area (Å²) in [7, 11) is 3.37. The molecule has 0 bridgehead atoms. The maximum Gasteiger partial charge on any atom is 0.339 e. The van der Waals surface area contributed by atoms with Crippen molar-refractivity contribution in [2.75, 3.05) is 30.9 Å². The van der Waals surface area contributed by atoms with E-state index in [1.54, 1.807) is 12.1 Å². The number of methoxy groups -OCH3 is 1. The van der Waals surface area contributed by atoms with Gasteiger partial charge in [-0.3, -0.25) is 0 Å². The van der Waals surface area contributed by atoms with Gasteiger partial charge < -0.3 is 15.0 Å². The first-order valence-corrected chi connectivity index (χ1v) is 7.63. The fourth-order valence-corrected chi connectivity index (χ4v) is 2.15. The van der Waals surface area contributed by atoms with Crippen LogP contribution in [0.1, 0.15) is 30.1 Å². The highest BCUT2D eigenvalue weighted by molar-refractivity contribution is 5.96. The highest BCUT2D eigenvalue weighted by atomic mass is 16.5. The fraction of sp³-hybridized carbons (Fsp3) is 0.353. The van der Waals surface area contributed by atoms with Gasteiger partial charge in [0, 0.05) is 19.7 Å². The maximum atomic E-state index is 11.8. The van der Waals surface area contributed by atoms with Gasteiger partial charge in [0.1, 0.15) is 18.0 Å². The molecule has 0 aliphatic rings. The van der Waals surface area contributed by atoms with E-state index in [-0.39, 0.29) is 5.97 Å². The molecule has 0 amide bonds. The number of esters is 1. The van der Waals surface area contributed by atoms with Gasteiger partial charge in [-0.1, -0.05) is 25.5 Å². The van der Waals surface area contributed by atoms with Gasteiger partial charge in [-0.05, 0) is 18.6 Å². The molecule has 1 heterocycles. The Morgan fingerprint density at radius 1 is 1.30 bits per heavy atom. The Hall–Kier alpha value is -2.63. The minimum absolute atomic E-state index is 0.387. The summed E-state index contributed by atoms with van der Waals surface area (Å²) in [6, 6.07) is 9.04. The second-order valence-corrected chi connectivity index (χ2v) is 5.20. The summed E-state index contributed by atoms with van der Waals surface area (Å²) in [6.45, 7) is 3.09. The molecule has 1 N–H and O–H groups in total. The number of carbonyl (C=O) groups excluding carboxylic acids is 1. The van der Waals surface area contributed by atoms with Crippen LogP contribution in [0, 0.1) is 0 Å². The molecule has 23 heavy (non-hydrogen) atoms. The third-order valence-corrected chi connectivity index (χ3v) is 3.49. The van der Waals surface area contributed by atoms with Crippen molar-refractivity contribution in [3.63, 3.8) is 0 Å². The van der Waals surface area contributed by atoms with Gasteiger partial charge in [-0.2, -0.15) is 0 Å². The van der Waals surface area contributed by atoms with Gasteiger partial charge in [-0.15, -0.1) is 0 Å². The Morgan fingerprint density at radius 2 is 2.09 bits per heavy atom. The van der Waals surface area contributed by atoms with Crippen molar-refractivity contribution in [2.24, 2.45) is 0 Å². The average molecular weight is 314 g/mol. The van der Waals surface area contributed by atoms with Crippen molar-refractivity contribution in [2.45, 2.75) is 19.8 Å². The molecule has 6 nitrogen and oxygen atoms in total. The third kappa shape index (κ3) is 4.42. The quantitative estimate of drug-likeness (QED) is 0.791. The summed E-state index contributed by atoms with van der Waals surface area (Å²) in [5.74, 6) is 1.09. The van der Waals surface area contributed by atoms with E-state index in [9.17, 15) is 4.79 Å². The topological polar surface area (TPSA) is 67.4 Å². The van der Waals surface area contributed by atoms with E-state index >= 15 is 0 Å². The first kappa shape index (κ1) is 16.7. The van der Waals surface area contributed by atoms with Crippen LogP contribution in [0.25, 0.3) is 0 Å². The summed E-state index contributed by atoms with van der Waals surface area (Å²) in [5.41, 5.74) is 1.12. The van der Waals surface area contributed by atoms with Crippen LogP contribution in [0.15, 0.2) is 36.7 Å². The molecule has 6 heteroatoms. The van der Waals surface area contributed by atoms with E-state index in [1.807, 2.05) is 25.2 Å². The van der Waals surface area contributed by atoms with Gasteiger partial charge in [0.2, 0.25) is 0 Å². The largest absolute Gasteiger partial charge is 0.465 e. The van der Waals surface area contributed by atoms with E-state index in [4.69, 9.17) is 4.74 Å². The molecule has 0 fully saturated rings. The number of ether oxygens (including phenoxy) is 1. The van der Waals surface area contributed by atoms with Gasteiger partial charge in [0.05, 0.1) is 18.4 Å². The molecule has 2 rings (SSSR count). The number of rotatable bonds is 7. The van der Waals surface area contributed by atoms with Crippen LogP contribution >= 0.6 is 0 Å². The van der Waals surface area contributed by atoms with Crippen LogP contribution in [0.2, 0.25) is 0 Å². The number of hydrogen-bond donors (Lipinski definition) is 1. The number of carbonyl (C=O) groups is 1. The zero-order valence-corrected chi connectivity index (χ0v) is 13.7. The summed E-state index contributed by atoms with van der Waals surface area (Å²) in [5, 5.41) is 3.16. The van der Waals surface area contributed by atoms with Gasteiger partial charge in [0.15, 0.2) is 0 Å². The molecular weight excluding hydrogens is 292 g/mol. The molecule has 0 spiro atoms. The lowest BCUT2D eigenvalue weighted by Gasteiger charge is -2.18. The van der Waals surface area contributed by atoms with Gasteiger partial charge in [-0.25, -0.2) is 14.8 Å². The molecule has 2 aromatic rings. The van der Waals surface area contributed by atoms with E-state index < -0.39 is 0 Å². The second kappa shape index (κ2) is 8.12. The van der Waals surface area contributed by atoms with E-state index in [2.05, 4.69) is 27.1 Å². The molecular formula is C17H22N4O2. The predicted octanol–water partition coefficient (Wildman–Crippen LogP) is 3.24. The fourth-order valence-electron chi connectivity index (χ4n) is 2.15. The smallest absolute Gasteiger partial charge is 0.339 e. The van der Waals surface area contributed by atoms with Gasteiger partial charge in [0.25, 0.3) is 0 Å². The highest BCUT2D eigenvalue weighted by Gasteiger charge is 2.12. The van der Waals surface area contributed by atoms with Crippen LogP contribution in [0.4, 0.5) is 17.3 Å². The standard InChI is InChI=1S/C17H22N4O2/c1-4-5-10-21(2)16-11-15(18-12-19-16)20-14-9-7-6-8-13(14)17(22)23-3/h6-9,11-12H,4-5,10H2,1-3H3,(H,18,19,20). The molecule has 1 aromatic carbocycles. The van der Waals surface area contributed by atoms with Crippen molar-refractivity contribution >= 4 is 23.3 Å². The minimum Gasteiger partial charge on any atom is -0.465 e. The monoisotopic (exact) mass is 314 g/mol. The Bertz CT molecular complexity index is 661. The number of unbranched alkanes of at least 4 members (excludes halogenated alkanes) is 1. The summed E-state index contributed by atoms with van der Waals surface area (Å²) < 4.78 is 4.80. The first-order valence-electron chi connectivity index (χ1n) is 7.63. The van der Waals surface area contributed by atoms with Crippen LogP contribution in [0.5, 0.6) is 0 Å². The van der Waals surface area contributed by atoms with Crippen molar-refractivity contribution in [1.82, 2.24) is 9.97 Å². The lowest BCUT2D eigenvalue weighted by atomic mass is 10.2. The summed E-state index contributed by atoms with van der Waals surface area (Å²) in [4.78, 5) is 22.4. The van der Waals surface area contributed by atoms with Crippen molar-refractivity contribution in [1.29, 1.82) is 0 Å². The maximum absolute atomic E-state index is 11.8. The molecule has 0 aliphatic carbocycles. The molecule has 0 atom stereocenters. The SMILES string of the molecule is CCCCN(C)c1cc(Nc2ccccc2C(=O)OC)ncn1. The summed E-state index contributed by atoms with van der Waals surface area (Å²) in [6.07, 6.45) is 3.75. The average Bonchev–Trinajstić information content (AvgIpc) is 2.59. The van der Waals surface area contributed by atoms with Crippen LogP contribution in [0.3, 0.4) is 0 Å².